The number of anilines is 6. The summed E-state index contributed by atoms with van der Waals surface area (Å²) in [4.78, 5) is 5.02. The van der Waals surface area contributed by atoms with E-state index in [-0.39, 0.29) is 0 Å². The molecule has 0 aliphatic heterocycles. The largest absolute Gasteiger partial charge is 0.309 e. The normalized spacial score (nSPS) is 11.5. The van der Waals surface area contributed by atoms with Crippen LogP contribution in [0, 0.1) is 27.7 Å². The maximum absolute atomic E-state index is 2.51. The highest BCUT2D eigenvalue weighted by atomic mass is 15.2. The molecule has 0 N–H and O–H groups in total. The van der Waals surface area contributed by atoms with E-state index in [4.69, 9.17) is 0 Å². The van der Waals surface area contributed by atoms with E-state index in [1.54, 1.807) is 0 Å². The van der Waals surface area contributed by atoms with Crippen molar-refractivity contribution in [3.8, 4) is 22.3 Å². The molecule has 0 bridgehead atoms. The maximum atomic E-state index is 2.51. The van der Waals surface area contributed by atoms with Crippen molar-refractivity contribution in [1.82, 2.24) is 0 Å². The lowest BCUT2D eigenvalue weighted by Crippen LogP contribution is -2.13. The minimum atomic E-state index is 1.10. The molecule has 0 spiro atoms. The minimum absolute atomic E-state index is 1.10. The molecule has 0 saturated heterocycles. The van der Waals surface area contributed by atoms with Crippen molar-refractivity contribution in [3.63, 3.8) is 0 Å². The molecule has 0 radical (unpaired) electrons. The first-order valence-electron chi connectivity index (χ1n) is 23.7. The molecule has 0 amide bonds. The lowest BCUT2D eigenvalue weighted by molar-refractivity contribution is 1.30. The standard InChI is InChI=1S/C66H50N2/c1-43-18-13-19-44(2)65(43)52-38-50-25-9-12-30-57(50)64(41-52)67(53-37-36-47-22-5-6-24-49(47)39-53)62-34-16-32-59-58(62)31-17-35-63(59)68(61-33-15-27-48-23-7-11-29-56(48)61)54-40-51-26-8-10-28-55(51)60(42-54)66-45(3)20-14-21-46(66)4/h5-42H,1-4H3. The van der Waals surface area contributed by atoms with Crippen molar-refractivity contribution < 1.29 is 0 Å². The summed E-state index contributed by atoms with van der Waals surface area (Å²) in [5, 5.41) is 11.9. The van der Waals surface area contributed by atoms with Gasteiger partial charge in [0.2, 0.25) is 0 Å². The number of rotatable bonds is 8. The maximum Gasteiger partial charge on any atom is 0.0546 e. The average Bonchev–Trinajstić information content (AvgIpc) is 3.36. The Kier molecular flexibility index (Phi) is 10.1. The summed E-state index contributed by atoms with van der Waals surface area (Å²) in [6.07, 6.45) is 0. The van der Waals surface area contributed by atoms with Crippen LogP contribution >= 0.6 is 0 Å². The summed E-state index contributed by atoms with van der Waals surface area (Å²) >= 11 is 0. The Balaban J connectivity index is 1.16. The highest BCUT2D eigenvalue weighted by molar-refractivity contribution is 6.13. The molecule has 0 unspecified atom stereocenters. The van der Waals surface area contributed by atoms with E-state index in [1.807, 2.05) is 0 Å². The van der Waals surface area contributed by atoms with E-state index >= 15 is 0 Å². The third kappa shape index (κ3) is 6.96. The predicted octanol–water partition coefficient (Wildman–Crippen LogP) is 19.0. The Labute approximate surface area is 398 Å². The zero-order valence-electron chi connectivity index (χ0n) is 38.8. The van der Waals surface area contributed by atoms with Gasteiger partial charge in [-0.15, -0.1) is 0 Å². The van der Waals surface area contributed by atoms with Crippen LogP contribution in [0.3, 0.4) is 0 Å². The fraction of sp³-hybridized carbons (Fsp3) is 0.0606. The molecule has 2 nitrogen and oxygen atoms in total. The highest BCUT2D eigenvalue weighted by Gasteiger charge is 2.24. The Morgan fingerprint density at radius 3 is 1.32 bits per heavy atom. The molecule has 0 aliphatic carbocycles. The van der Waals surface area contributed by atoms with Crippen molar-refractivity contribution in [1.29, 1.82) is 0 Å². The summed E-state index contributed by atoms with van der Waals surface area (Å²) in [6.45, 7) is 8.93. The number of benzene rings is 12. The van der Waals surface area contributed by atoms with E-state index in [2.05, 4.69) is 268 Å². The SMILES string of the molecule is Cc1cccc(C)c1-c1cc(N(c2ccc3ccccc3c2)c2cccc3c(N(c4cc(-c5c(C)cccc5C)c5ccccc5c4)c4cccc5ccccc45)cccc23)c2ccccc2c1. The first-order chi connectivity index (χ1) is 33.4. The van der Waals surface area contributed by atoms with Crippen molar-refractivity contribution >= 4 is 88.0 Å². The molecule has 12 aromatic carbocycles. The summed E-state index contributed by atoms with van der Waals surface area (Å²) in [5.74, 6) is 0. The van der Waals surface area contributed by atoms with Gasteiger partial charge in [-0.3, -0.25) is 0 Å². The fourth-order valence-corrected chi connectivity index (χ4v) is 11.0. The minimum Gasteiger partial charge on any atom is -0.309 e. The van der Waals surface area contributed by atoms with Gasteiger partial charge in [-0.25, -0.2) is 0 Å². The van der Waals surface area contributed by atoms with Crippen LogP contribution in [0.25, 0.3) is 76.1 Å². The third-order valence-electron chi connectivity index (χ3n) is 14.1. The van der Waals surface area contributed by atoms with Crippen molar-refractivity contribution in [2.75, 3.05) is 9.80 Å². The van der Waals surface area contributed by atoms with Crippen molar-refractivity contribution in [2.24, 2.45) is 0 Å². The van der Waals surface area contributed by atoms with Crippen molar-refractivity contribution in [2.45, 2.75) is 27.7 Å². The molecular weight excluding hydrogens is 821 g/mol. The Bertz CT molecular complexity index is 3850. The molecule has 0 fully saturated rings. The van der Waals surface area contributed by atoms with Crippen LogP contribution < -0.4 is 9.80 Å². The number of aryl methyl sites for hydroxylation is 4. The van der Waals surface area contributed by atoms with Crippen LogP contribution in [0.5, 0.6) is 0 Å². The first kappa shape index (κ1) is 41.0. The number of hydrogen-bond donors (Lipinski definition) is 0. The van der Waals surface area contributed by atoms with Gasteiger partial charge in [0.25, 0.3) is 0 Å². The Morgan fingerprint density at radius 1 is 0.250 bits per heavy atom. The van der Waals surface area contributed by atoms with Crippen LogP contribution in [0.1, 0.15) is 22.3 Å². The smallest absolute Gasteiger partial charge is 0.0546 e. The highest BCUT2D eigenvalue weighted by Crippen LogP contribution is 2.50. The monoisotopic (exact) mass is 870 g/mol. The second-order valence-electron chi connectivity index (χ2n) is 18.3. The van der Waals surface area contributed by atoms with Gasteiger partial charge < -0.3 is 9.80 Å². The van der Waals surface area contributed by atoms with E-state index in [1.165, 1.54) is 87.6 Å². The average molecular weight is 871 g/mol. The van der Waals surface area contributed by atoms with Gasteiger partial charge in [-0.1, -0.05) is 176 Å². The summed E-state index contributed by atoms with van der Waals surface area (Å²) in [6, 6.07) is 85.4. The molecule has 0 saturated carbocycles. The molecule has 2 heteroatoms. The van der Waals surface area contributed by atoms with Crippen LogP contribution in [0.15, 0.2) is 231 Å². The second-order valence-corrected chi connectivity index (χ2v) is 18.3. The molecule has 0 atom stereocenters. The molecule has 0 heterocycles. The van der Waals surface area contributed by atoms with Gasteiger partial charge in [0.15, 0.2) is 0 Å². The molecule has 0 aromatic heterocycles. The van der Waals surface area contributed by atoms with Gasteiger partial charge in [0.05, 0.1) is 22.7 Å². The molecule has 324 valence electrons. The lowest BCUT2D eigenvalue weighted by atomic mass is 9.91. The van der Waals surface area contributed by atoms with Crippen LogP contribution in [0.4, 0.5) is 34.1 Å². The summed E-state index contributed by atoms with van der Waals surface area (Å²) in [7, 11) is 0. The van der Waals surface area contributed by atoms with Crippen LogP contribution in [0.2, 0.25) is 0 Å². The van der Waals surface area contributed by atoms with Gasteiger partial charge in [-0.05, 0) is 159 Å². The van der Waals surface area contributed by atoms with E-state index in [0.717, 1.165) is 44.9 Å². The van der Waals surface area contributed by atoms with Gasteiger partial charge in [0, 0.05) is 32.9 Å². The lowest BCUT2D eigenvalue weighted by Gasteiger charge is -2.32. The number of fused-ring (bicyclic) bond motifs is 5. The summed E-state index contributed by atoms with van der Waals surface area (Å²) < 4.78 is 0. The van der Waals surface area contributed by atoms with Crippen molar-refractivity contribution in [3.05, 3.63) is 253 Å². The Morgan fingerprint density at radius 2 is 0.676 bits per heavy atom. The third-order valence-corrected chi connectivity index (χ3v) is 14.1. The van der Waals surface area contributed by atoms with Crippen LogP contribution in [-0.4, -0.2) is 0 Å². The van der Waals surface area contributed by atoms with Crippen LogP contribution in [-0.2, 0) is 0 Å². The quantitative estimate of drug-likeness (QED) is 0.150. The van der Waals surface area contributed by atoms with E-state index in [9.17, 15) is 0 Å². The predicted molar refractivity (Wildman–Crippen MR) is 293 cm³/mol. The molecular formula is C66H50N2. The van der Waals surface area contributed by atoms with Gasteiger partial charge in [0.1, 0.15) is 0 Å². The van der Waals surface area contributed by atoms with E-state index in [0.29, 0.717) is 0 Å². The zero-order chi connectivity index (χ0) is 45.9. The summed E-state index contributed by atoms with van der Waals surface area (Å²) in [5.41, 5.74) is 16.7. The van der Waals surface area contributed by atoms with Gasteiger partial charge >= 0.3 is 0 Å². The number of nitrogens with zero attached hydrogens (tertiary/aromatic N) is 2. The van der Waals surface area contributed by atoms with Gasteiger partial charge in [-0.2, -0.15) is 0 Å². The second kappa shape index (κ2) is 16.8. The Hall–Kier alpha value is -8.46. The molecule has 68 heavy (non-hydrogen) atoms. The molecule has 12 aromatic rings. The topological polar surface area (TPSA) is 6.48 Å². The van der Waals surface area contributed by atoms with E-state index < -0.39 is 0 Å². The fourth-order valence-electron chi connectivity index (χ4n) is 11.0. The first-order valence-corrected chi connectivity index (χ1v) is 23.7. The number of hydrogen-bond acceptors (Lipinski definition) is 2. The zero-order valence-corrected chi connectivity index (χ0v) is 38.8. The molecule has 12 rings (SSSR count). The molecule has 0 aliphatic rings.